The van der Waals surface area contributed by atoms with Crippen molar-refractivity contribution in [2.75, 3.05) is 45.8 Å². The lowest BCUT2D eigenvalue weighted by Crippen LogP contribution is -2.40. The number of amides is 1. The maximum absolute atomic E-state index is 12.8. The van der Waals surface area contributed by atoms with Crippen LogP contribution in [0.1, 0.15) is 16.2 Å². The lowest BCUT2D eigenvalue weighted by atomic mass is 10.1. The van der Waals surface area contributed by atoms with Crippen LogP contribution in [0.25, 0.3) is 11.4 Å². The van der Waals surface area contributed by atoms with E-state index in [0.29, 0.717) is 48.9 Å². The molecule has 2 aromatic carbocycles. The van der Waals surface area contributed by atoms with Gasteiger partial charge in [0.1, 0.15) is 5.75 Å². The smallest absolute Gasteiger partial charge is 0.387 e. The Balaban J connectivity index is 1.47. The number of hydrogen-bond acceptors (Lipinski definition) is 9. The first-order valence-electron chi connectivity index (χ1n) is 10.7. The molecule has 1 amide bonds. The zero-order chi connectivity index (χ0) is 24.8. The van der Waals surface area contributed by atoms with E-state index in [1.165, 1.54) is 32.4 Å². The quantitative estimate of drug-likeness (QED) is 0.483. The standard InChI is InChI=1S/C23H24F2N4O6/c1-31-17-5-4-15(22(30)29-7-9-33-10-8-29)11-16(17)26-13-20-27-21(28-35-20)14-3-6-18(34-23(24)25)19(12-14)32-2/h3-6,11-12,23,26H,7-10,13H2,1-2H3. The van der Waals surface area contributed by atoms with Gasteiger partial charge in [0.25, 0.3) is 5.91 Å². The van der Waals surface area contributed by atoms with E-state index in [2.05, 4.69) is 20.2 Å². The fraction of sp³-hybridized carbons (Fsp3) is 0.348. The van der Waals surface area contributed by atoms with Crippen LogP contribution in [-0.4, -0.2) is 68.1 Å². The SMILES string of the molecule is COc1ccc(C(=O)N2CCOCC2)cc1NCc1nc(-c2ccc(OC(F)F)c(OC)c2)no1. The van der Waals surface area contributed by atoms with E-state index in [9.17, 15) is 13.6 Å². The molecule has 1 fully saturated rings. The maximum atomic E-state index is 12.8. The van der Waals surface area contributed by atoms with Crippen LogP contribution in [0, 0.1) is 0 Å². The van der Waals surface area contributed by atoms with E-state index in [-0.39, 0.29) is 35.7 Å². The summed E-state index contributed by atoms with van der Waals surface area (Å²) < 4.78 is 50.7. The van der Waals surface area contributed by atoms with Gasteiger partial charge in [0.2, 0.25) is 11.7 Å². The van der Waals surface area contributed by atoms with Crippen molar-refractivity contribution in [3.63, 3.8) is 0 Å². The molecule has 0 bridgehead atoms. The Labute approximate surface area is 199 Å². The zero-order valence-electron chi connectivity index (χ0n) is 19.1. The van der Waals surface area contributed by atoms with Crippen LogP contribution in [0.15, 0.2) is 40.9 Å². The first-order chi connectivity index (χ1) is 17.0. The minimum Gasteiger partial charge on any atom is -0.495 e. The van der Waals surface area contributed by atoms with Crippen molar-refractivity contribution in [1.82, 2.24) is 15.0 Å². The second kappa shape index (κ2) is 11.0. The van der Waals surface area contributed by atoms with Crippen LogP contribution >= 0.6 is 0 Å². The average molecular weight is 490 g/mol. The molecule has 1 aromatic heterocycles. The Hall–Kier alpha value is -3.93. The van der Waals surface area contributed by atoms with E-state index in [1.807, 2.05) is 0 Å². The predicted octanol–water partition coefficient (Wildman–Crippen LogP) is 3.44. The molecule has 0 unspecified atom stereocenters. The molecule has 1 aliphatic rings. The Morgan fingerprint density at radius 2 is 1.83 bits per heavy atom. The Bertz CT molecular complexity index is 1170. The van der Waals surface area contributed by atoms with Crippen molar-refractivity contribution in [2.24, 2.45) is 0 Å². The molecule has 0 saturated carbocycles. The fourth-order valence-corrected chi connectivity index (χ4v) is 3.54. The molecule has 3 aromatic rings. The highest BCUT2D eigenvalue weighted by atomic mass is 19.3. The molecule has 12 heteroatoms. The molecule has 35 heavy (non-hydrogen) atoms. The number of anilines is 1. The third kappa shape index (κ3) is 5.77. The van der Waals surface area contributed by atoms with Gasteiger partial charge in [-0.1, -0.05) is 5.16 Å². The molecular weight excluding hydrogens is 466 g/mol. The number of ether oxygens (including phenoxy) is 4. The molecule has 1 N–H and O–H groups in total. The molecule has 0 atom stereocenters. The second-order valence-electron chi connectivity index (χ2n) is 7.43. The summed E-state index contributed by atoms with van der Waals surface area (Å²) in [7, 11) is 2.87. The molecule has 0 radical (unpaired) electrons. The highest BCUT2D eigenvalue weighted by Gasteiger charge is 2.20. The van der Waals surface area contributed by atoms with Gasteiger partial charge in [-0.05, 0) is 36.4 Å². The number of benzene rings is 2. The number of hydrogen-bond donors (Lipinski definition) is 1. The van der Waals surface area contributed by atoms with Crippen molar-refractivity contribution >= 4 is 11.6 Å². The van der Waals surface area contributed by atoms with E-state index < -0.39 is 6.61 Å². The normalized spacial score (nSPS) is 13.6. The van der Waals surface area contributed by atoms with Gasteiger partial charge in [-0.25, -0.2) is 0 Å². The summed E-state index contributed by atoms with van der Waals surface area (Å²) in [6, 6.07) is 9.47. The van der Waals surface area contributed by atoms with Gasteiger partial charge in [-0.2, -0.15) is 13.8 Å². The number of nitrogens with one attached hydrogen (secondary N) is 1. The highest BCUT2D eigenvalue weighted by molar-refractivity contribution is 5.95. The fourth-order valence-electron chi connectivity index (χ4n) is 3.54. The largest absolute Gasteiger partial charge is 0.495 e. The number of halogens is 2. The zero-order valence-corrected chi connectivity index (χ0v) is 19.1. The molecule has 10 nitrogen and oxygen atoms in total. The third-order valence-electron chi connectivity index (χ3n) is 5.28. The molecule has 0 aliphatic carbocycles. The van der Waals surface area contributed by atoms with Crippen molar-refractivity contribution in [3.05, 3.63) is 47.9 Å². The number of nitrogens with zero attached hydrogens (tertiary/aromatic N) is 3. The summed E-state index contributed by atoms with van der Waals surface area (Å²) in [5, 5.41) is 7.09. The summed E-state index contributed by atoms with van der Waals surface area (Å²) in [4.78, 5) is 18.9. The number of methoxy groups -OCH3 is 2. The minimum absolute atomic E-state index is 0.0905. The van der Waals surface area contributed by atoms with Gasteiger partial charge in [0.15, 0.2) is 11.5 Å². The van der Waals surface area contributed by atoms with Gasteiger partial charge in [-0.3, -0.25) is 4.79 Å². The predicted molar refractivity (Wildman–Crippen MR) is 120 cm³/mol. The number of alkyl halides is 2. The van der Waals surface area contributed by atoms with Crippen LogP contribution < -0.4 is 19.5 Å². The molecule has 4 rings (SSSR count). The summed E-state index contributed by atoms with van der Waals surface area (Å²) in [5.41, 5.74) is 1.59. The lowest BCUT2D eigenvalue weighted by molar-refractivity contribution is -0.0512. The van der Waals surface area contributed by atoms with Crippen molar-refractivity contribution < 1.29 is 37.0 Å². The van der Waals surface area contributed by atoms with E-state index in [1.54, 1.807) is 23.1 Å². The monoisotopic (exact) mass is 490 g/mol. The second-order valence-corrected chi connectivity index (χ2v) is 7.43. The van der Waals surface area contributed by atoms with Crippen LogP contribution in [0.5, 0.6) is 17.2 Å². The topological polar surface area (TPSA) is 108 Å². The Morgan fingerprint density at radius 1 is 1.09 bits per heavy atom. The van der Waals surface area contributed by atoms with Crippen LogP contribution in [0.3, 0.4) is 0 Å². The molecule has 1 saturated heterocycles. The van der Waals surface area contributed by atoms with Crippen molar-refractivity contribution in [2.45, 2.75) is 13.2 Å². The van der Waals surface area contributed by atoms with Crippen molar-refractivity contribution in [3.8, 4) is 28.6 Å². The summed E-state index contributed by atoms with van der Waals surface area (Å²) in [6.07, 6.45) is 0. The first-order valence-corrected chi connectivity index (χ1v) is 10.7. The molecule has 2 heterocycles. The third-order valence-corrected chi connectivity index (χ3v) is 5.28. The van der Waals surface area contributed by atoms with Crippen LogP contribution in [0.4, 0.5) is 14.5 Å². The molecule has 1 aliphatic heterocycles. The van der Waals surface area contributed by atoms with Crippen molar-refractivity contribution in [1.29, 1.82) is 0 Å². The first kappa shape index (κ1) is 24.2. The number of aromatic nitrogens is 2. The lowest BCUT2D eigenvalue weighted by Gasteiger charge is -2.27. The van der Waals surface area contributed by atoms with Crippen LogP contribution in [0.2, 0.25) is 0 Å². The van der Waals surface area contributed by atoms with Gasteiger partial charge in [-0.15, -0.1) is 0 Å². The summed E-state index contributed by atoms with van der Waals surface area (Å²) >= 11 is 0. The van der Waals surface area contributed by atoms with Gasteiger partial charge in [0.05, 0.1) is 39.7 Å². The van der Waals surface area contributed by atoms with E-state index in [0.717, 1.165) is 0 Å². The Morgan fingerprint density at radius 3 is 2.54 bits per heavy atom. The minimum atomic E-state index is -2.97. The number of carbonyl (C=O) groups excluding carboxylic acids is 1. The Kier molecular flexibility index (Phi) is 7.60. The average Bonchev–Trinajstić information content (AvgIpc) is 3.36. The van der Waals surface area contributed by atoms with Gasteiger partial charge >= 0.3 is 6.61 Å². The summed E-state index contributed by atoms with van der Waals surface area (Å²) in [5.74, 6) is 0.967. The number of carbonyl (C=O) groups is 1. The molecular formula is C23H24F2N4O6. The van der Waals surface area contributed by atoms with Gasteiger partial charge < -0.3 is 33.7 Å². The highest BCUT2D eigenvalue weighted by Crippen LogP contribution is 2.33. The van der Waals surface area contributed by atoms with E-state index >= 15 is 0 Å². The summed E-state index contributed by atoms with van der Waals surface area (Å²) in [6.45, 7) is -0.711. The van der Waals surface area contributed by atoms with E-state index in [4.69, 9.17) is 18.7 Å². The number of rotatable bonds is 9. The maximum Gasteiger partial charge on any atom is 0.387 e. The molecule has 0 spiro atoms. The van der Waals surface area contributed by atoms with Gasteiger partial charge in [0, 0.05) is 24.2 Å². The van der Waals surface area contributed by atoms with Crippen LogP contribution in [-0.2, 0) is 11.3 Å². The number of morpholine rings is 1. The molecule has 186 valence electrons.